The summed E-state index contributed by atoms with van der Waals surface area (Å²) in [4.78, 5) is 0.614. The Morgan fingerprint density at radius 1 is 1.43 bits per heavy atom. The fraction of sp³-hybridized carbons (Fsp3) is 0.700. The van der Waals surface area contributed by atoms with Crippen LogP contribution in [0.2, 0.25) is 0 Å². The summed E-state index contributed by atoms with van der Waals surface area (Å²) < 4.78 is 3.14. The van der Waals surface area contributed by atoms with Gasteiger partial charge < -0.3 is 0 Å². The van der Waals surface area contributed by atoms with Crippen molar-refractivity contribution in [1.29, 1.82) is 0 Å². The summed E-state index contributed by atoms with van der Waals surface area (Å²) in [6.45, 7) is 0. The van der Waals surface area contributed by atoms with Gasteiger partial charge in [-0.25, -0.2) is 0 Å². The molecule has 78 valence electrons. The Morgan fingerprint density at radius 2 is 2.14 bits per heavy atom. The molecule has 0 aliphatic heterocycles. The summed E-state index contributed by atoms with van der Waals surface area (Å²) in [7, 11) is 2.02. The Bertz CT molecular complexity index is 302. The number of nitrogens with zero attached hydrogens (tertiary/aromatic N) is 2. The minimum absolute atomic E-state index is 0.614. The summed E-state index contributed by atoms with van der Waals surface area (Å²) in [5.74, 6) is 0.616. The molecule has 4 heteroatoms. The molecule has 0 radical (unpaired) electrons. The zero-order chi connectivity index (χ0) is 10.1. The fourth-order valence-corrected chi connectivity index (χ4v) is 3.71. The molecule has 2 unspecified atom stereocenters. The van der Waals surface area contributed by atoms with Crippen LogP contribution in [0.5, 0.6) is 0 Å². The number of hydrogen-bond donors (Lipinski definition) is 0. The van der Waals surface area contributed by atoms with Crippen molar-refractivity contribution in [2.45, 2.75) is 36.4 Å². The number of rotatable bonds is 1. The van der Waals surface area contributed by atoms with E-state index in [1.807, 2.05) is 17.9 Å². The SMILES string of the molecule is Cn1ncc(Br)c1C1CCCCC1Br. The van der Waals surface area contributed by atoms with E-state index in [0.717, 1.165) is 4.47 Å². The third kappa shape index (κ3) is 1.91. The molecule has 2 rings (SSSR count). The highest BCUT2D eigenvalue weighted by atomic mass is 79.9. The second-order valence-corrected chi connectivity index (χ2v) is 5.94. The monoisotopic (exact) mass is 320 g/mol. The van der Waals surface area contributed by atoms with E-state index in [-0.39, 0.29) is 0 Å². The minimum atomic E-state index is 0.614. The van der Waals surface area contributed by atoms with Gasteiger partial charge in [0.25, 0.3) is 0 Å². The van der Waals surface area contributed by atoms with Crippen LogP contribution in [0.15, 0.2) is 10.7 Å². The van der Waals surface area contributed by atoms with Gasteiger partial charge in [-0.3, -0.25) is 4.68 Å². The van der Waals surface area contributed by atoms with Crippen molar-refractivity contribution >= 4 is 31.9 Å². The highest BCUT2D eigenvalue weighted by Crippen LogP contribution is 2.39. The number of hydrogen-bond acceptors (Lipinski definition) is 1. The first kappa shape index (κ1) is 10.7. The normalized spacial score (nSPS) is 27.9. The maximum absolute atomic E-state index is 4.27. The fourth-order valence-electron chi connectivity index (χ4n) is 2.23. The second-order valence-electron chi connectivity index (χ2n) is 3.91. The van der Waals surface area contributed by atoms with Crippen molar-refractivity contribution in [3.05, 3.63) is 16.4 Å². The van der Waals surface area contributed by atoms with E-state index in [4.69, 9.17) is 0 Å². The van der Waals surface area contributed by atoms with Gasteiger partial charge in [-0.1, -0.05) is 28.8 Å². The van der Waals surface area contributed by atoms with Gasteiger partial charge >= 0.3 is 0 Å². The average Bonchev–Trinajstić information content (AvgIpc) is 2.48. The lowest BCUT2D eigenvalue weighted by atomic mass is 9.87. The van der Waals surface area contributed by atoms with Gasteiger partial charge in [-0.2, -0.15) is 5.10 Å². The van der Waals surface area contributed by atoms with E-state index in [9.17, 15) is 0 Å². The first-order valence-corrected chi connectivity index (χ1v) is 6.72. The molecule has 0 N–H and O–H groups in total. The van der Waals surface area contributed by atoms with Gasteiger partial charge in [0.2, 0.25) is 0 Å². The molecular weight excluding hydrogens is 308 g/mol. The van der Waals surface area contributed by atoms with E-state index < -0.39 is 0 Å². The van der Waals surface area contributed by atoms with Crippen molar-refractivity contribution in [1.82, 2.24) is 9.78 Å². The van der Waals surface area contributed by atoms with Crippen LogP contribution < -0.4 is 0 Å². The predicted octanol–water partition coefficient (Wildman–Crippen LogP) is 3.60. The Kier molecular flexibility index (Phi) is 3.32. The van der Waals surface area contributed by atoms with Crippen molar-refractivity contribution in [2.75, 3.05) is 0 Å². The van der Waals surface area contributed by atoms with Crippen LogP contribution in [0.1, 0.15) is 37.3 Å². The number of halogens is 2. The van der Waals surface area contributed by atoms with Crippen molar-refractivity contribution in [2.24, 2.45) is 7.05 Å². The first-order chi connectivity index (χ1) is 6.70. The van der Waals surface area contributed by atoms with Crippen LogP contribution in [0.4, 0.5) is 0 Å². The molecule has 0 spiro atoms. The van der Waals surface area contributed by atoms with Gasteiger partial charge in [0.05, 0.1) is 16.4 Å². The molecule has 0 amide bonds. The van der Waals surface area contributed by atoms with E-state index in [1.165, 1.54) is 31.4 Å². The molecule has 0 saturated heterocycles. The minimum Gasteiger partial charge on any atom is -0.271 e. The quantitative estimate of drug-likeness (QED) is 0.723. The summed E-state index contributed by atoms with van der Waals surface area (Å²) in [6.07, 6.45) is 7.13. The molecule has 0 bridgehead atoms. The summed E-state index contributed by atoms with van der Waals surface area (Å²) in [5, 5.41) is 4.27. The summed E-state index contributed by atoms with van der Waals surface area (Å²) in [6, 6.07) is 0. The molecular formula is C10H14Br2N2. The molecule has 14 heavy (non-hydrogen) atoms. The van der Waals surface area contributed by atoms with E-state index in [1.54, 1.807) is 0 Å². The predicted molar refractivity (Wildman–Crippen MR) is 64.8 cm³/mol. The van der Waals surface area contributed by atoms with E-state index in [0.29, 0.717) is 10.7 Å². The molecule has 0 aromatic carbocycles. The lowest BCUT2D eigenvalue weighted by Gasteiger charge is -2.27. The van der Waals surface area contributed by atoms with Gasteiger partial charge in [0, 0.05) is 17.8 Å². The molecule has 1 saturated carbocycles. The van der Waals surface area contributed by atoms with Crippen LogP contribution in [0.3, 0.4) is 0 Å². The lowest BCUT2D eigenvalue weighted by molar-refractivity contribution is 0.439. The average molecular weight is 322 g/mol. The Hall–Kier alpha value is 0.170. The van der Waals surface area contributed by atoms with Crippen molar-refractivity contribution in [3.8, 4) is 0 Å². The number of aryl methyl sites for hydroxylation is 1. The molecule has 1 aromatic rings. The van der Waals surface area contributed by atoms with Crippen LogP contribution in [-0.4, -0.2) is 14.6 Å². The van der Waals surface area contributed by atoms with Crippen LogP contribution in [0.25, 0.3) is 0 Å². The van der Waals surface area contributed by atoms with Crippen molar-refractivity contribution in [3.63, 3.8) is 0 Å². The smallest absolute Gasteiger partial charge is 0.0635 e. The third-order valence-corrected chi connectivity index (χ3v) is 4.68. The van der Waals surface area contributed by atoms with Crippen LogP contribution in [0, 0.1) is 0 Å². The second kappa shape index (κ2) is 4.35. The largest absolute Gasteiger partial charge is 0.271 e. The summed E-state index contributed by atoms with van der Waals surface area (Å²) in [5.41, 5.74) is 1.34. The molecule has 1 fully saturated rings. The molecule has 1 aliphatic rings. The Labute approximate surface area is 101 Å². The summed E-state index contributed by atoms with van der Waals surface area (Å²) >= 11 is 7.36. The molecule has 1 aliphatic carbocycles. The van der Waals surface area contributed by atoms with Gasteiger partial charge in [0.15, 0.2) is 0 Å². The lowest BCUT2D eigenvalue weighted by Crippen LogP contribution is -2.20. The van der Waals surface area contributed by atoms with Crippen LogP contribution in [-0.2, 0) is 7.05 Å². The van der Waals surface area contributed by atoms with Gasteiger partial charge in [-0.05, 0) is 28.8 Å². The zero-order valence-corrected chi connectivity index (χ0v) is 11.4. The first-order valence-electron chi connectivity index (χ1n) is 5.01. The van der Waals surface area contributed by atoms with Crippen molar-refractivity contribution < 1.29 is 0 Å². The van der Waals surface area contributed by atoms with Gasteiger partial charge in [0.1, 0.15) is 0 Å². The highest BCUT2D eigenvalue weighted by Gasteiger charge is 2.28. The maximum atomic E-state index is 4.27. The van der Waals surface area contributed by atoms with E-state index >= 15 is 0 Å². The topological polar surface area (TPSA) is 17.8 Å². The highest BCUT2D eigenvalue weighted by molar-refractivity contribution is 9.10. The van der Waals surface area contributed by atoms with Gasteiger partial charge in [-0.15, -0.1) is 0 Å². The third-order valence-electron chi connectivity index (χ3n) is 2.97. The molecule has 1 aromatic heterocycles. The van der Waals surface area contributed by atoms with Crippen LogP contribution >= 0.6 is 31.9 Å². The molecule has 2 nitrogen and oxygen atoms in total. The molecule has 1 heterocycles. The number of alkyl halides is 1. The maximum Gasteiger partial charge on any atom is 0.0635 e. The molecule has 2 atom stereocenters. The zero-order valence-electron chi connectivity index (χ0n) is 8.21. The number of aromatic nitrogens is 2. The Morgan fingerprint density at radius 3 is 2.71 bits per heavy atom. The van der Waals surface area contributed by atoms with E-state index in [2.05, 4.69) is 37.0 Å². The standard InChI is InChI=1S/C10H14Br2N2/c1-14-10(9(12)6-13-14)7-4-2-3-5-8(7)11/h6-8H,2-5H2,1H3. The Balaban J connectivity index is 2.28.